The van der Waals surface area contributed by atoms with Crippen LogP contribution in [0.3, 0.4) is 0 Å². The van der Waals surface area contributed by atoms with E-state index in [0.717, 1.165) is 24.0 Å². The zero-order chi connectivity index (χ0) is 15.0. The zero-order valence-electron chi connectivity index (χ0n) is 12.8. The molecule has 0 unspecified atom stereocenters. The second-order valence-corrected chi connectivity index (χ2v) is 8.18. The van der Waals surface area contributed by atoms with Gasteiger partial charge in [0.25, 0.3) is 0 Å². The van der Waals surface area contributed by atoms with Crippen molar-refractivity contribution in [3.63, 3.8) is 0 Å². The van der Waals surface area contributed by atoms with Crippen LogP contribution in [0.4, 0.5) is 0 Å². The summed E-state index contributed by atoms with van der Waals surface area (Å²) < 4.78 is 27.9. The van der Waals surface area contributed by atoms with Crippen molar-refractivity contribution in [1.29, 1.82) is 0 Å². The summed E-state index contributed by atoms with van der Waals surface area (Å²) in [7, 11) is -1.48. The normalized spacial score (nSPS) is 19.2. The van der Waals surface area contributed by atoms with Gasteiger partial charge < -0.3 is 5.32 Å². The van der Waals surface area contributed by atoms with E-state index in [4.69, 9.17) is 0 Å². The highest BCUT2D eigenvalue weighted by Crippen LogP contribution is 2.38. The Balaban J connectivity index is 1.94. The van der Waals surface area contributed by atoms with E-state index in [2.05, 4.69) is 5.32 Å². The van der Waals surface area contributed by atoms with Crippen LogP contribution in [0.1, 0.15) is 36.8 Å². The molecule has 0 aromatic heterocycles. The fourth-order valence-corrected chi connectivity index (χ4v) is 4.84. The molecule has 0 saturated heterocycles. The average molecular weight is 308 g/mol. The van der Waals surface area contributed by atoms with Gasteiger partial charge in [0, 0.05) is 19.1 Å². The van der Waals surface area contributed by atoms with Crippen LogP contribution in [0.2, 0.25) is 0 Å². The smallest absolute Gasteiger partial charge is 0.243 e. The fraction of sp³-hybridized carbons (Fsp3) is 0.625. The van der Waals surface area contributed by atoms with Gasteiger partial charge in [0.15, 0.2) is 0 Å². The minimum atomic E-state index is -3.36. The molecule has 2 aliphatic rings. The van der Waals surface area contributed by atoms with E-state index in [1.807, 2.05) is 26.1 Å². The van der Waals surface area contributed by atoms with E-state index >= 15 is 0 Å². The molecule has 116 valence electrons. The number of nitrogens with one attached hydrogen (secondary N) is 1. The Bertz CT molecular complexity index is 619. The van der Waals surface area contributed by atoms with Gasteiger partial charge in [-0.25, -0.2) is 8.42 Å². The van der Waals surface area contributed by atoms with Crippen LogP contribution < -0.4 is 5.32 Å². The highest BCUT2D eigenvalue weighted by Gasteiger charge is 2.41. The lowest BCUT2D eigenvalue weighted by atomic mass is 10.1. The van der Waals surface area contributed by atoms with E-state index < -0.39 is 10.0 Å². The standard InChI is InChI=1S/C16H24N2O2S/c1-12-14(10-17-2)4-3-5-16(12)21(19,20)18(15-8-9-15)11-13-6-7-13/h3-5,13,15,17H,6-11H2,1-2H3. The third kappa shape index (κ3) is 3.15. The lowest BCUT2D eigenvalue weighted by Crippen LogP contribution is -2.35. The first-order chi connectivity index (χ1) is 10.0. The molecule has 1 aromatic rings. The molecule has 0 spiro atoms. The van der Waals surface area contributed by atoms with Crippen molar-refractivity contribution in [1.82, 2.24) is 9.62 Å². The minimum Gasteiger partial charge on any atom is -0.316 e. The summed E-state index contributed by atoms with van der Waals surface area (Å²) in [4.78, 5) is 0.489. The lowest BCUT2D eigenvalue weighted by molar-refractivity contribution is 0.388. The highest BCUT2D eigenvalue weighted by atomic mass is 32.2. The first kappa shape index (κ1) is 15.0. The van der Waals surface area contributed by atoms with Crippen LogP contribution in [0, 0.1) is 12.8 Å². The topological polar surface area (TPSA) is 49.4 Å². The Morgan fingerprint density at radius 1 is 1.24 bits per heavy atom. The molecule has 2 aliphatic carbocycles. The summed E-state index contributed by atoms with van der Waals surface area (Å²) in [6, 6.07) is 5.84. The average Bonchev–Trinajstić information content (AvgIpc) is 3.32. The maximum Gasteiger partial charge on any atom is 0.243 e. The Labute approximate surface area is 127 Å². The van der Waals surface area contributed by atoms with Crippen LogP contribution in [0.25, 0.3) is 0 Å². The van der Waals surface area contributed by atoms with Gasteiger partial charge in [-0.15, -0.1) is 0 Å². The van der Waals surface area contributed by atoms with Crippen molar-refractivity contribution in [2.45, 2.75) is 50.1 Å². The van der Waals surface area contributed by atoms with Gasteiger partial charge in [-0.2, -0.15) is 4.31 Å². The maximum absolute atomic E-state index is 13.1. The predicted octanol–water partition coefficient (Wildman–Crippen LogP) is 2.28. The Morgan fingerprint density at radius 2 is 1.95 bits per heavy atom. The fourth-order valence-electron chi connectivity index (χ4n) is 2.81. The number of sulfonamides is 1. The van der Waals surface area contributed by atoms with Crippen LogP contribution >= 0.6 is 0 Å². The van der Waals surface area contributed by atoms with E-state index in [0.29, 0.717) is 23.9 Å². The largest absolute Gasteiger partial charge is 0.316 e. The van der Waals surface area contributed by atoms with Gasteiger partial charge >= 0.3 is 0 Å². The molecule has 4 nitrogen and oxygen atoms in total. The van der Waals surface area contributed by atoms with Crippen molar-refractivity contribution in [2.24, 2.45) is 5.92 Å². The Hall–Kier alpha value is -0.910. The molecule has 0 bridgehead atoms. The molecule has 1 N–H and O–H groups in total. The Kier molecular flexibility index (Phi) is 4.08. The van der Waals surface area contributed by atoms with Gasteiger partial charge in [-0.1, -0.05) is 12.1 Å². The van der Waals surface area contributed by atoms with Crippen molar-refractivity contribution in [3.8, 4) is 0 Å². The summed E-state index contributed by atoms with van der Waals surface area (Å²) in [5.41, 5.74) is 1.94. The maximum atomic E-state index is 13.1. The molecule has 0 heterocycles. The molecule has 3 rings (SSSR count). The van der Waals surface area contributed by atoms with Crippen molar-refractivity contribution in [2.75, 3.05) is 13.6 Å². The second-order valence-electron chi connectivity index (χ2n) is 6.32. The van der Waals surface area contributed by atoms with Crippen molar-refractivity contribution in [3.05, 3.63) is 29.3 Å². The number of benzene rings is 1. The lowest BCUT2D eigenvalue weighted by Gasteiger charge is -2.23. The Morgan fingerprint density at radius 3 is 2.52 bits per heavy atom. The van der Waals surface area contributed by atoms with Gasteiger partial charge in [0.05, 0.1) is 4.90 Å². The van der Waals surface area contributed by atoms with Gasteiger partial charge in [-0.3, -0.25) is 0 Å². The SMILES string of the molecule is CNCc1cccc(S(=O)(=O)N(CC2CC2)C2CC2)c1C. The summed E-state index contributed by atoms with van der Waals surface area (Å²) in [5, 5.41) is 3.10. The van der Waals surface area contributed by atoms with Crippen LogP contribution in [0.15, 0.2) is 23.1 Å². The quantitative estimate of drug-likeness (QED) is 0.841. The van der Waals surface area contributed by atoms with E-state index in [9.17, 15) is 8.42 Å². The number of hydrogen-bond acceptors (Lipinski definition) is 3. The number of hydrogen-bond donors (Lipinski definition) is 1. The van der Waals surface area contributed by atoms with Crippen LogP contribution in [-0.2, 0) is 16.6 Å². The summed E-state index contributed by atoms with van der Waals surface area (Å²) in [6.07, 6.45) is 4.39. The van der Waals surface area contributed by atoms with Crippen molar-refractivity contribution < 1.29 is 8.42 Å². The third-order valence-corrected chi connectivity index (χ3v) is 6.50. The monoisotopic (exact) mass is 308 g/mol. The third-order valence-electron chi connectivity index (χ3n) is 4.44. The molecule has 5 heteroatoms. The molecule has 2 saturated carbocycles. The summed E-state index contributed by atoms with van der Waals surface area (Å²) in [5.74, 6) is 0.584. The summed E-state index contributed by atoms with van der Waals surface area (Å²) in [6.45, 7) is 3.33. The first-order valence-corrected chi connectivity index (χ1v) is 9.23. The van der Waals surface area contributed by atoms with E-state index in [1.54, 1.807) is 10.4 Å². The summed E-state index contributed by atoms with van der Waals surface area (Å²) >= 11 is 0. The molecule has 0 amide bonds. The van der Waals surface area contributed by atoms with Crippen molar-refractivity contribution >= 4 is 10.0 Å². The molecule has 2 fully saturated rings. The van der Waals surface area contributed by atoms with Crippen LogP contribution in [0.5, 0.6) is 0 Å². The van der Waals surface area contributed by atoms with E-state index in [1.165, 1.54) is 12.8 Å². The molecular weight excluding hydrogens is 284 g/mol. The minimum absolute atomic E-state index is 0.239. The van der Waals surface area contributed by atoms with Gasteiger partial charge in [0.2, 0.25) is 10.0 Å². The number of nitrogens with zero attached hydrogens (tertiary/aromatic N) is 1. The van der Waals surface area contributed by atoms with E-state index in [-0.39, 0.29) is 6.04 Å². The van der Waals surface area contributed by atoms with Gasteiger partial charge in [-0.05, 0) is 62.8 Å². The molecule has 0 radical (unpaired) electrons. The second kappa shape index (κ2) is 5.71. The van der Waals surface area contributed by atoms with Gasteiger partial charge in [0.1, 0.15) is 0 Å². The molecule has 21 heavy (non-hydrogen) atoms. The number of rotatable bonds is 7. The molecule has 1 aromatic carbocycles. The highest BCUT2D eigenvalue weighted by molar-refractivity contribution is 7.89. The molecule has 0 aliphatic heterocycles. The first-order valence-electron chi connectivity index (χ1n) is 7.79. The zero-order valence-corrected chi connectivity index (χ0v) is 13.6. The van der Waals surface area contributed by atoms with Crippen LogP contribution in [-0.4, -0.2) is 32.4 Å². The molecule has 0 atom stereocenters. The predicted molar refractivity (Wildman–Crippen MR) is 83.6 cm³/mol. The molecular formula is C16H24N2O2S.